The normalized spacial score (nSPS) is 16.8. The fourth-order valence-corrected chi connectivity index (χ4v) is 4.17. The molecule has 2 aromatic rings. The van der Waals surface area contributed by atoms with Gasteiger partial charge < -0.3 is 0 Å². The van der Waals surface area contributed by atoms with Crippen LogP contribution in [-0.4, -0.2) is 24.6 Å². The van der Waals surface area contributed by atoms with Gasteiger partial charge in [-0.2, -0.15) is 5.10 Å². The van der Waals surface area contributed by atoms with Crippen molar-refractivity contribution in [3.8, 4) is 0 Å². The maximum Gasteiger partial charge on any atom is 0.257 e. The second kappa shape index (κ2) is 7.61. The van der Waals surface area contributed by atoms with Gasteiger partial charge in [-0.25, -0.2) is 21.9 Å². The molecule has 0 radical (unpaired) electrons. The number of nitrogens with one attached hydrogen (secondary N) is 1. The van der Waals surface area contributed by atoms with Gasteiger partial charge in [-0.3, -0.25) is 4.68 Å². The van der Waals surface area contributed by atoms with Crippen LogP contribution in [0.4, 0.5) is 8.78 Å². The highest BCUT2D eigenvalue weighted by Crippen LogP contribution is 2.35. The third kappa shape index (κ3) is 4.64. The van der Waals surface area contributed by atoms with Gasteiger partial charge >= 0.3 is 0 Å². The summed E-state index contributed by atoms with van der Waals surface area (Å²) in [5, 5.41) is 3.71. The Labute approximate surface area is 146 Å². The lowest BCUT2D eigenvalue weighted by atomic mass is 9.80. The van der Waals surface area contributed by atoms with Crippen LogP contribution in [-0.2, 0) is 16.6 Å². The number of halogens is 2. The first-order valence-corrected chi connectivity index (χ1v) is 9.80. The molecule has 0 unspecified atom stereocenters. The Bertz CT molecular complexity index is 789. The molecular formula is C17H21F2N3O2S. The second-order valence-electron chi connectivity index (χ2n) is 6.41. The molecule has 5 nitrogen and oxygen atoms in total. The first kappa shape index (κ1) is 18.0. The average molecular weight is 369 g/mol. The Morgan fingerprint density at radius 3 is 2.56 bits per heavy atom. The molecule has 8 heteroatoms. The summed E-state index contributed by atoms with van der Waals surface area (Å²) in [4.78, 5) is -0.0947. The van der Waals surface area contributed by atoms with E-state index in [9.17, 15) is 17.2 Å². The van der Waals surface area contributed by atoms with Crippen LogP contribution in [0.5, 0.6) is 0 Å². The van der Waals surface area contributed by atoms with Gasteiger partial charge in [0.1, 0.15) is 11.4 Å². The van der Waals surface area contributed by atoms with Crippen LogP contribution >= 0.6 is 0 Å². The molecule has 0 spiro atoms. The van der Waals surface area contributed by atoms with Crippen molar-refractivity contribution in [2.45, 2.75) is 49.6 Å². The van der Waals surface area contributed by atoms with E-state index in [1.165, 1.54) is 6.42 Å². The van der Waals surface area contributed by atoms with Gasteiger partial charge in [0.05, 0.1) is 6.20 Å². The number of hydrogen-bond donors (Lipinski definition) is 1. The maximum atomic E-state index is 12.7. The van der Waals surface area contributed by atoms with Crippen LogP contribution in [0.2, 0.25) is 0 Å². The predicted octanol–water partition coefficient (Wildman–Crippen LogP) is 3.36. The van der Waals surface area contributed by atoms with E-state index in [1.807, 2.05) is 30.3 Å². The fourth-order valence-electron chi connectivity index (χ4n) is 2.98. The maximum absolute atomic E-state index is 12.7. The van der Waals surface area contributed by atoms with E-state index in [1.54, 1.807) is 0 Å². The summed E-state index contributed by atoms with van der Waals surface area (Å²) in [5.74, 6) is 0.509. The highest BCUT2D eigenvalue weighted by atomic mass is 32.2. The van der Waals surface area contributed by atoms with Crippen molar-refractivity contribution in [1.29, 1.82) is 0 Å². The molecule has 1 atom stereocenters. The lowest BCUT2D eigenvalue weighted by Gasteiger charge is -2.30. The molecule has 0 amide bonds. The van der Waals surface area contributed by atoms with Crippen molar-refractivity contribution < 1.29 is 17.2 Å². The van der Waals surface area contributed by atoms with Crippen molar-refractivity contribution in [2.24, 2.45) is 5.92 Å². The van der Waals surface area contributed by atoms with Crippen LogP contribution in [0.3, 0.4) is 0 Å². The summed E-state index contributed by atoms with van der Waals surface area (Å²) in [5.41, 5.74) is 0.901. The predicted molar refractivity (Wildman–Crippen MR) is 89.7 cm³/mol. The van der Waals surface area contributed by atoms with Gasteiger partial charge in [0, 0.05) is 12.2 Å². The number of nitrogens with zero attached hydrogens (tertiary/aromatic N) is 2. The summed E-state index contributed by atoms with van der Waals surface area (Å²) in [7, 11) is -3.83. The fraction of sp³-hybridized carbons (Fsp3) is 0.471. The molecule has 0 aliphatic heterocycles. The van der Waals surface area contributed by atoms with Gasteiger partial charge in [-0.15, -0.1) is 0 Å². The Morgan fingerprint density at radius 2 is 1.96 bits per heavy atom. The Hall–Kier alpha value is -1.80. The van der Waals surface area contributed by atoms with Gasteiger partial charge in [0.25, 0.3) is 6.43 Å². The molecule has 1 fully saturated rings. The van der Waals surface area contributed by atoms with Crippen LogP contribution in [0.25, 0.3) is 0 Å². The van der Waals surface area contributed by atoms with E-state index in [4.69, 9.17) is 0 Å². The molecular weight excluding hydrogens is 348 g/mol. The van der Waals surface area contributed by atoms with E-state index in [-0.39, 0.29) is 10.9 Å². The quantitative estimate of drug-likeness (QED) is 0.776. The zero-order valence-electron chi connectivity index (χ0n) is 13.7. The summed E-state index contributed by atoms with van der Waals surface area (Å²) >= 11 is 0. The number of hydrogen-bond acceptors (Lipinski definition) is 3. The first-order valence-electron chi connectivity index (χ1n) is 8.32. The number of sulfonamides is 1. The monoisotopic (exact) mass is 369 g/mol. The highest BCUT2D eigenvalue weighted by Gasteiger charge is 2.28. The third-order valence-corrected chi connectivity index (χ3v) is 5.96. The van der Waals surface area contributed by atoms with Gasteiger partial charge in [-0.1, -0.05) is 49.6 Å². The van der Waals surface area contributed by atoms with Gasteiger partial charge in [0.2, 0.25) is 10.0 Å². The van der Waals surface area contributed by atoms with Crippen LogP contribution in [0.1, 0.15) is 37.3 Å². The van der Waals surface area contributed by atoms with E-state index in [0.29, 0.717) is 5.92 Å². The Morgan fingerprint density at radius 1 is 1.24 bits per heavy atom. The van der Waals surface area contributed by atoms with Gasteiger partial charge in [0.15, 0.2) is 0 Å². The minimum atomic E-state index is -3.83. The van der Waals surface area contributed by atoms with Crippen molar-refractivity contribution in [3.05, 3.63) is 48.3 Å². The van der Waals surface area contributed by atoms with Crippen molar-refractivity contribution in [1.82, 2.24) is 14.5 Å². The van der Waals surface area contributed by atoms with Crippen molar-refractivity contribution in [3.63, 3.8) is 0 Å². The van der Waals surface area contributed by atoms with Crippen LogP contribution < -0.4 is 4.72 Å². The number of benzene rings is 1. The van der Waals surface area contributed by atoms with Crippen LogP contribution in [0.15, 0.2) is 47.6 Å². The zero-order valence-corrected chi connectivity index (χ0v) is 14.5. The molecule has 25 heavy (non-hydrogen) atoms. The molecule has 1 N–H and O–H groups in total. The van der Waals surface area contributed by atoms with E-state index >= 15 is 0 Å². The summed E-state index contributed by atoms with van der Waals surface area (Å²) in [6.45, 7) is -0.625. The number of alkyl halides is 2. The Kier molecular flexibility index (Phi) is 5.48. The molecule has 1 saturated carbocycles. The van der Waals surface area contributed by atoms with E-state index < -0.39 is 23.0 Å². The summed E-state index contributed by atoms with van der Waals surface area (Å²) < 4.78 is 53.8. The second-order valence-corrected chi connectivity index (χ2v) is 8.12. The van der Waals surface area contributed by atoms with Crippen molar-refractivity contribution in [2.75, 3.05) is 0 Å². The molecule has 1 aromatic heterocycles. The molecule has 1 aliphatic carbocycles. The average Bonchev–Trinajstić information content (AvgIpc) is 2.99. The van der Waals surface area contributed by atoms with Gasteiger partial charge in [-0.05, 0) is 17.9 Å². The number of aromatic nitrogens is 2. The van der Waals surface area contributed by atoms with Crippen molar-refractivity contribution >= 4 is 10.0 Å². The highest BCUT2D eigenvalue weighted by molar-refractivity contribution is 7.89. The summed E-state index contributed by atoms with van der Waals surface area (Å²) in [6.07, 6.45) is 3.79. The Balaban J connectivity index is 1.78. The zero-order chi connectivity index (χ0) is 17.9. The molecule has 0 bridgehead atoms. The minimum absolute atomic E-state index is 0.0947. The van der Waals surface area contributed by atoms with E-state index in [2.05, 4.69) is 9.82 Å². The number of rotatable bonds is 8. The lowest BCUT2D eigenvalue weighted by Crippen LogP contribution is -2.31. The molecule has 3 rings (SSSR count). The smallest absolute Gasteiger partial charge is 0.257 e. The SMILES string of the molecule is O=S(=O)(N[C@H](CC1CCC1)c1ccccc1)c1cnn(CC(F)F)c1. The third-order valence-electron chi connectivity index (χ3n) is 4.54. The standard InChI is InChI=1S/C17H21F2N3O2S/c18-17(19)12-22-11-15(10-20-22)25(23,24)21-16(9-13-5-4-6-13)14-7-2-1-3-8-14/h1-3,7-8,10-11,13,16-17,21H,4-6,9,12H2/t16-/m1/s1. The van der Waals surface area contributed by atoms with E-state index in [0.717, 1.165) is 41.9 Å². The lowest BCUT2D eigenvalue weighted by molar-refractivity contribution is 0.121. The minimum Gasteiger partial charge on any atom is -0.266 e. The molecule has 1 aliphatic rings. The first-order chi connectivity index (χ1) is 11.9. The molecule has 136 valence electrons. The summed E-state index contributed by atoms with van der Waals surface area (Å²) in [6, 6.07) is 9.08. The molecule has 1 aromatic carbocycles. The largest absolute Gasteiger partial charge is 0.266 e. The van der Waals surface area contributed by atoms with Crippen LogP contribution in [0, 0.1) is 5.92 Å². The topological polar surface area (TPSA) is 64.0 Å². The molecule has 1 heterocycles. The molecule has 0 saturated heterocycles.